The molecule has 1 aliphatic rings. The highest BCUT2D eigenvalue weighted by atomic mass is 15.3. The number of hydrogen-bond donors (Lipinski definition) is 0. The van der Waals surface area contributed by atoms with Crippen molar-refractivity contribution in [1.29, 1.82) is 10.5 Å². The Morgan fingerprint density at radius 1 is 1.21 bits per heavy atom. The smallest absolute Gasteiger partial charge is 0.130 e. The molecule has 1 aromatic heterocycles. The van der Waals surface area contributed by atoms with Crippen LogP contribution in [0.4, 0.5) is 5.82 Å². The van der Waals surface area contributed by atoms with Crippen LogP contribution in [0.5, 0.6) is 0 Å². The highest BCUT2D eigenvalue weighted by molar-refractivity contribution is 5.47. The van der Waals surface area contributed by atoms with Crippen molar-refractivity contribution in [2.75, 3.05) is 31.1 Å². The number of piperazine rings is 1. The van der Waals surface area contributed by atoms with Gasteiger partial charge in [0.05, 0.1) is 23.7 Å². The Morgan fingerprint density at radius 3 is 2.47 bits per heavy atom. The first-order valence-corrected chi connectivity index (χ1v) is 6.41. The number of hydrogen-bond acceptors (Lipinski definition) is 5. The number of pyridine rings is 1. The molecule has 0 N–H and O–H groups in total. The zero-order valence-electron chi connectivity index (χ0n) is 11.3. The highest BCUT2D eigenvalue weighted by Crippen LogP contribution is 2.17. The third-order valence-corrected chi connectivity index (χ3v) is 3.44. The first kappa shape index (κ1) is 13.3. The molecule has 1 fully saturated rings. The SMILES string of the molecule is Cc1cc(C#N)cc(N2CCN(C(C)C#N)CC2)n1. The van der Waals surface area contributed by atoms with Crippen LogP contribution in [0.2, 0.25) is 0 Å². The van der Waals surface area contributed by atoms with Crippen LogP contribution < -0.4 is 4.90 Å². The minimum absolute atomic E-state index is 0.0395. The molecule has 0 spiro atoms. The van der Waals surface area contributed by atoms with Crippen molar-refractivity contribution in [1.82, 2.24) is 9.88 Å². The molecule has 1 aliphatic heterocycles. The molecule has 0 amide bonds. The summed E-state index contributed by atoms with van der Waals surface area (Å²) in [6, 6.07) is 8.01. The van der Waals surface area contributed by atoms with Crippen molar-refractivity contribution in [3.63, 3.8) is 0 Å². The van der Waals surface area contributed by atoms with Crippen LogP contribution in [0, 0.1) is 29.6 Å². The Bertz CT molecular complexity index is 532. The Balaban J connectivity index is 2.08. The number of rotatable bonds is 2. The van der Waals surface area contributed by atoms with E-state index in [1.807, 2.05) is 19.9 Å². The van der Waals surface area contributed by atoms with Gasteiger partial charge in [-0.25, -0.2) is 4.98 Å². The molecular weight excluding hydrogens is 238 g/mol. The first-order chi connectivity index (χ1) is 9.13. The lowest BCUT2D eigenvalue weighted by Crippen LogP contribution is -2.49. The van der Waals surface area contributed by atoms with Crippen molar-refractivity contribution >= 4 is 5.82 Å². The summed E-state index contributed by atoms with van der Waals surface area (Å²) in [4.78, 5) is 8.83. The molecule has 2 heterocycles. The monoisotopic (exact) mass is 255 g/mol. The molecular formula is C14H17N5. The van der Waals surface area contributed by atoms with Gasteiger partial charge in [0.2, 0.25) is 0 Å². The second kappa shape index (κ2) is 5.69. The van der Waals surface area contributed by atoms with Crippen molar-refractivity contribution in [3.05, 3.63) is 23.4 Å². The molecule has 1 atom stereocenters. The maximum Gasteiger partial charge on any atom is 0.130 e. The van der Waals surface area contributed by atoms with Crippen LogP contribution >= 0.6 is 0 Å². The van der Waals surface area contributed by atoms with Crippen molar-refractivity contribution in [2.24, 2.45) is 0 Å². The summed E-state index contributed by atoms with van der Waals surface area (Å²) < 4.78 is 0. The fourth-order valence-electron chi connectivity index (χ4n) is 2.30. The molecule has 0 bridgehead atoms. The zero-order valence-corrected chi connectivity index (χ0v) is 11.3. The van der Waals surface area contributed by atoms with Crippen LogP contribution in [0.15, 0.2) is 12.1 Å². The molecule has 0 aromatic carbocycles. The van der Waals surface area contributed by atoms with Gasteiger partial charge in [-0.15, -0.1) is 0 Å². The van der Waals surface area contributed by atoms with Crippen LogP contribution in [0.1, 0.15) is 18.2 Å². The largest absolute Gasteiger partial charge is 0.354 e. The average molecular weight is 255 g/mol. The Kier molecular flexibility index (Phi) is 3.99. The molecule has 1 aromatic rings. The fraction of sp³-hybridized carbons (Fsp3) is 0.500. The predicted octanol–water partition coefficient (Wildman–Crippen LogP) is 1.30. The van der Waals surface area contributed by atoms with E-state index >= 15 is 0 Å². The van der Waals surface area contributed by atoms with Crippen LogP contribution in [0.25, 0.3) is 0 Å². The van der Waals surface area contributed by atoms with Crippen molar-refractivity contribution in [2.45, 2.75) is 19.9 Å². The second-order valence-electron chi connectivity index (χ2n) is 4.80. The van der Waals surface area contributed by atoms with Gasteiger partial charge in [0, 0.05) is 31.9 Å². The molecule has 0 radical (unpaired) electrons. The van der Waals surface area contributed by atoms with Gasteiger partial charge < -0.3 is 4.90 Å². The summed E-state index contributed by atoms with van der Waals surface area (Å²) in [7, 11) is 0. The molecule has 5 nitrogen and oxygen atoms in total. The normalized spacial score (nSPS) is 17.6. The first-order valence-electron chi connectivity index (χ1n) is 6.41. The number of nitriles is 2. The molecule has 1 unspecified atom stereocenters. The molecule has 19 heavy (non-hydrogen) atoms. The van der Waals surface area contributed by atoms with Gasteiger partial charge >= 0.3 is 0 Å². The van der Waals surface area contributed by atoms with Crippen LogP contribution in [-0.2, 0) is 0 Å². The lowest BCUT2D eigenvalue weighted by molar-refractivity contribution is 0.231. The van der Waals surface area contributed by atoms with E-state index in [0.29, 0.717) is 5.56 Å². The van der Waals surface area contributed by atoms with E-state index in [1.54, 1.807) is 6.07 Å². The summed E-state index contributed by atoms with van der Waals surface area (Å²) in [5, 5.41) is 17.9. The van der Waals surface area contributed by atoms with E-state index in [2.05, 4.69) is 26.9 Å². The van der Waals surface area contributed by atoms with Gasteiger partial charge in [-0.3, -0.25) is 4.90 Å². The van der Waals surface area contributed by atoms with Gasteiger partial charge in [-0.1, -0.05) is 0 Å². The minimum atomic E-state index is -0.0395. The summed E-state index contributed by atoms with van der Waals surface area (Å²) in [6.07, 6.45) is 0. The van der Waals surface area contributed by atoms with E-state index in [4.69, 9.17) is 10.5 Å². The third kappa shape index (κ3) is 3.01. The summed E-state index contributed by atoms with van der Waals surface area (Å²) in [6.45, 7) is 7.21. The Hall–Kier alpha value is -2.11. The number of aromatic nitrogens is 1. The molecule has 98 valence electrons. The molecule has 2 rings (SSSR count). The maximum atomic E-state index is 8.99. The van der Waals surface area contributed by atoms with E-state index < -0.39 is 0 Å². The van der Waals surface area contributed by atoms with E-state index in [0.717, 1.165) is 37.7 Å². The topological polar surface area (TPSA) is 67.0 Å². The maximum absolute atomic E-state index is 8.99. The molecule has 1 saturated heterocycles. The van der Waals surface area contributed by atoms with Crippen molar-refractivity contribution in [3.8, 4) is 12.1 Å². The lowest BCUT2D eigenvalue weighted by atomic mass is 10.2. The second-order valence-corrected chi connectivity index (χ2v) is 4.80. The Labute approximate surface area is 113 Å². The summed E-state index contributed by atoms with van der Waals surface area (Å²) in [5.41, 5.74) is 1.51. The van der Waals surface area contributed by atoms with Crippen LogP contribution in [-0.4, -0.2) is 42.1 Å². The van der Waals surface area contributed by atoms with Gasteiger partial charge in [-0.2, -0.15) is 10.5 Å². The average Bonchev–Trinajstić information content (AvgIpc) is 2.46. The van der Waals surface area contributed by atoms with Gasteiger partial charge in [0.15, 0.2) is 0 Å². The Morgan fingerprint density at radius 2 is 1.89 bits per heavy atom. The summed E-state index contributed by atoms with van der Waals surface area (Å²) >= 11 is 0. The number of anilines is 1. The van der Waals surface area contributed by atoms with E-state index in [-0.39, 0.29) is 6.04 Å². The zero-order chi connectivity index (χ0) is 13.8. The highest BCUT2D eigenvalue weighted by Gasteiger charge is 2.21. The third-order valence-electron chi connectivity index (χ3n) is 3.44. The number of aryl methyl sites for hydroxylation is 1. The molecule has 5 heteroatoms. The van der Waals surface area contributed by atoms with Gasteiger partial charge in [0.25, 0.3) is 0 Å². The quantitative estimate of drug-likeness (QED) is 0.796. The van der Waals surface area contributed by atoms with Crippen molar-refractivity contribution < 1.29 is 0 Å². The standard InChI is InChI=1S/C14H17N5/c1-11-7-13(10-16)8-14(17-11)19-5-3-18(4-6-19)12(2)9-15/h7-8,12H,3-6H2,1-2H3. The van der Waals surface area contributed by atoms with E-state index in [1.165, 1.54) is 0 Å². The van der Waals surface area contributed by atoms with Gasteiger partial charge in [-0.05, 0) is 26.0 Å². The minimum Gasteiger partial charge on any atom is -0.354 e. The lowest BCUT2D eigenvalue weighted by Gasteiger charge is -2.36. The molecule has 0 aliphatic carbocycles. The molecule has 0 saturated carbocycles. The van der Waals surface area contributed by atoms with Gasteiger partial charge in [0.1, 0.15) is 5.82 Å². The fourth-order valence-corrected chi connectivity index (χ4v) is 2.30. The number of nitrogens with zero attached hydrogens (tertiary/aromatic N) is 5. The predicted molar refractivity (Wildman–Crippen MR) is 72.6 cm³/mol. The summed E-state index contributed by atoms with van der Waals surface area (Å²) in [5.74, 6) is 0.862. The van der Waals surface area contributed by atoms with Crippen LogP contribution in [0.3, 0.4) is 0 Å². The van der Waals surface area contributed by atoms with E-state index in [9.17, 15) is 0 Å².